The van der Waals surface area contributed by atoms with E-state index in [1.54, 1.807) is 11.3 Å². The van der Waals surface area contributed by atoms with Crippen LogP contribution in [0.15, 0.2) is 23.6 Å². The van der Waals surface area contributed by atoms with Crippen LogP contribution >= 0.6 is 11.3 Å². The first-order valence-corrected chi connectivity index (χ1v) is 10.4. The minimum atomic E-state index is -0.432. The van der Waals surface area contributed by atoms with Crippen molar-refractivity contribution in [1.29, 1.82) is 0 Å². The van der Waals surface area contributed by atoms with Crippen molar-refractivity contribution in [3.05, 3.63) is 34.3 Å². The average Bonchev–Trinajstić information content (AvgIpc) is 3.35. The minimum Gasteiger partial charge on any atom is -0.488 e. The lowest BCUT2D eigenvalue weighted by atomic mass is 9.78. The van der Waals surface area contributed by atoms with Gasteiger partial charge in [-0.05, 0) is 43.7 Å². The van der Waals surface area contributed by atoms with Gasteiger partial charge >= 0.3 is 0 Å². The number of hydrogen-bond donors (Lipinski definition) is 1. The average molecular weight is 388 g/mol. The molecule has 3 heterocycles. The topological polar surface area (TPSA) is 64.1 Å². The predicted octanol–water partition coefficient (Wildman–Crippen LogP) is 2.83. The van der Waals surface area contributed by atoms with E-state index in [0.717, 1.165) is 54.7 Å². The quantitative estimate of drug-likeness (QED) is 0.869. The van der Waals surface area contributed by atoms with E-state index >= 15 is 0 Å². The van der Waals surface area contributed by atoms with Gasteiger partial charge in [-0.25, -0.2) is 4.98 Å². The second kappa shape index (κ2) is 6.96. The predicted molar refractivity (Wildman–Crippen MR) is 101 cm³/mol. The number of benzene rings is 1. The highest BCUT2D eigenvalue weighted by molar-refractivity contribution is 7.09. The summed E-state index contributed by atoms with van der Waals surface area (Å²) in [4.78, 5) is 7.06. The largest absolute Gasteiger partial charge is 0.488 e. The molecule has 4 atom stereocenters. The molecule has 5 rings (SSSR count). The molecule has 1 aromatic heterocycles. The summed E-state index contributed by atoms with van der Waals surface area (Å²) >= 11 is 1.71. The van der Waals surface area contributed by atoms with Crippen molar-refractivity contribution in [3.63, 3.8) is 0 Å². The van der Waals surface area contributed by atoms with Crippen LogP contribution in [0.4, 0.5) is 0 Å². The van der Waals surface area contributed by atoms with Crippen LogP contribution < -0.4 is 14.2 Å². The highest BCUT2D eigenvalue weighted by Crippen LogP contribution is 2.40. The maximum atomic E-state index is 10.6. The van der Waals surface area contributed by atoms with Crippen LogP contribution in [0.2, 0.25) is 0 Å². The number of rotatable bonds is 4. The molecular formula is C20H24N2O4S. The first-order chi connectivity index (χ1) is 13.1. The van der Waals surface area contributed by atoms with E-state index in [2.05, 4.69) is 15.3 Å². The molecule has 1 saturated carbocycles. The fourth-order valence-corrected chi connectivity index (χ4v) is 5.18. The van der Waals surface area contributed by atoms with Crippen LogP contribution in [0.1, 0.15) is 23.5 Å². The van der Waals surface area contributed by atoms with Gasteiger partial charge < -0.3 is 19.3 Å². The molecule has 144 valence electrons. The molecule has 1 N–H and O–H groups in total. The molecule has 0 unspecified atom stereocenters. The van der Waals surface area contributed by atoms with Crippen LogP contribution in [-0.4, -0.2) is 47.1 Å². The summed E-state index contributed by atoms with van der Waals surface area (Å²) in [5, 5.41) is 13.9. The molecule has 2 fully saturated rings. The fraction of sp³-hybridized carbons (Fsp3) is 0.550. The number of nitrogens with zero attached hydrogens (tertiary/aromatic N) is 2. The molecule has 3 aliphatic rings. The Morgan fingerprint density at radius 1 is 1.22 bits per heavy atom. The fourth-order valence-electron chi connectivity index (χ4n) is 4.58. The normalized spacial score (nSPS) is 29.7. The Bertz CT molecular complexity index is 826. The van der Waals surface area contributed by atoms with Crippen LogP contribution in [0.3, 0.4) is 0 Å². The van der Waals surface area contributed by atoms with Gasteiger partial charge in [0.2, 0.25) is 6.79 Å². The number of aryl methyl sites for hydroxylation is 1. The van der Waals surface area contributed by atoms with Crippen LogP contribution in [0, 0.1) is 18.8 Å². The number of likely N-dealkylation sites (tertiary alicyclic amines) is 1. The van der Waals surface area contributed by atoms with E-state index in [9.17, 15) is 5.11 Å². The second-order valence-corrected chi connectivity index (χ2v) is 8.84. The highest BCUT2D eigenvalue weighted by atomic mass is 32.1. The summed E-state index contributed by atoms with van der Waals surface area (Å²) in [6, 6.07) is 5.60. The summed E-state index contributed by atoms with van der Waals surface area (Å²) in [5.41, 5.74) is 1.16. The van der Waals surface area contributed by atoms with Gasteiger partial charge in [-0.1, -0.05) is 0 Å². The van der Waals surface area contributed by atoms with Gasteiger partial charge in [-0.2, -0.15) is 0 Å². The third-order valence-corrected chi connectivity index (χ3v) is 6.67. The third-order valence-electron chi connectivity index (χ3n) is 5.84. The molecule has 1 saturated heterocycles. The van der Waals surface area contributed by atoms with Crippen molar-refractivity contribution < 1.29 is 19.3 Å². The van der Waals surface area contributed by atoms with E-state index < -0.39 is 6.10 Å². The molecule has 1 aromatic carbocycles. The molecule has 0 bridgehead atoms. The van der Waals surface area contributed by atoms with Gasteiger partial charge in [0.05, 0.1) is 16.8 Å². The van der Waals surface area contributed by atoms with E-state index in [0.29, 0.717) is 17.6 Å². The van der Waals surface area contributed by atoms with Crippen molar-refractivity contribution >= 4 is 11.3 Å². The highest BCUT2D eigenvalue weighted by Gasteiger charge is 2.42. The Kier molecular flexibility index (Phi) is 4.46. The molecule has 6 nitrogen and oxygen atoms in total. The van der Waals surface area contributed by atoms with Crippen LogP contribution in [0.25, 0.3) is 0 Å². The molecule has 7 heteroatoms. The molecule has 0 amide bonds. The van der Waals surface area contributed by atoms with Crippen LogP contribution in [0.5, 0.6) is 17.2 Å². The monoisotopic (exact) mass is 388 g/mol. The Morgan fingerprint density at radius 2 is 2.04 bits per heavy atom. The van der Waals surface area contributed by atoms with E-state index in [1.165, 1.54) is 0 Å². The lowest BCUT2D eigenvalue weighted by Gasteiger charge is -2.35. The van der Waals surface area contributed by atoms with Gasteiger partial charge in [0.25, 0.3) is 0 Å². The van der Waals surface area contributed by atoms with Crippen molar-refractivity contribution in [2.45, 2.75) is 38.5 Å². The number of aromatic nitrogens is 1. The van der Waals surface area contributed by atoms with Gasteiger partial charge in [0.1, 0.15) is 11.9 Å². The van der Waals surface area contributed by atoms with E-state index in [-0.39, 0.29) is 12.9 Å². The van der Waals surface area contributed by atoms with Gasteiger partial charge in [-0.3, -0.25) is 4.90 Å². The van der Waals surface area contributed by atoms with Gasteiger partial charge in [-0.15, -0.1) is 11.3 Å². The number of aliphatic hydroxyl groups is 1. The number of fused-ring (bicyclic) bond motifs is 2. The Balaban J connectivity index is 1.22. The van der Waals surface area contributed by atoms with E-state index in [1.807, 2.05) is 25.1 Å². The maximum absolute atomic E-state index is 10.6. The zero-order valence-electron chi connectivity index (χ0n) is 15.3. The van der Waals surface area contributed by atoms with Gasteiger partial charge in [0.15, 0.2) is 11.5 Å². The first kappa shape index (κ1) is 17.3. The standard InChI is InChI=1S/C20H24N2O4S/c1-12-21-15(10-27-12)9-22-7-13-4-17(23)19(5-14(13)8-22)26-16-2-3-18-20(6-16)25-11-24-18/h2-3,6,10,13-14,17,19,23H,4-5,7-9,11H2,1H3/t13-,14+,17+,19+/m0/s1. The molecule has 2 aliphatic heterocycles. The zero-order valence-corrected chi connectivity index (χ0v) is 16.2. The van der Waals surface area contributed by atoms with Crippen LogP contribution in [-0.2, 0) is 6.54 Å². The van der Waals surface area contributed by atoms with Crippen molar-refractivity contribution in [1.82, 2.24) is 9.88 Å². The summed E-state index contributed by atoms with van der Waals surface area (Å²) in [5.74, 6) is 3.29. The van der Waals surface area contributed by atoms with E-state index in [4.69, 9.17) is 14.2 Å². The number of aliphatic hydroxyl groups excluding tert-OH is 1. The molecular weight excluding hydrogens is 364 g/mol. The number of hydrogen-bond acceptors (Lipinski definition) is 7. The molecule has 1 aliphatic carbocycles. The van der Waals surface area contributed by atoms with Crippen molar-refractivity contribution in [2.24, 2.45) is 11.8 Å². The third kappa shape index (κ3) is 3.51. The Labute approximate surface area is 162 Å². The molecule has 0 radical (unpaired) electrons. The number of ether oxygens (including phenoxy) is 3. The maximum Gasteiger partial charge on any atom is 0.231 e. The molecule has 27 heavy (non-hydrogen) atoms. The van der Waals surface area contributed by atoms with Gasteiger partial charge in [0, 0.05) is 31.1 Å². The summed E-state index contributed by atoms with van der Waals surface area (Å²) in [6.07, 6.45) is 1.07. The summed E-state index contributed by atoms with van der Waals surface area (Å²) in [6.45, 7) is 5.29. The molecule has 2 aromatic rings. The van der Waals surface area contributed by atoms with Crippen molar-refractivity contribution in [3.8, 4) is 17.2 Å². The molecule has 0 spiro atoms. The smallest absolute Gasteiger partial charge is 0.231 e. The Morgan fingerprint density at radius 3 is 2.85 bits per heavy atom. The first-order valence-electron chi connectivity index (χ1n) is 9.52. The summed E-state index contributed by atoms with van der Waals surface area (Å²) < 4.78 is 16.9. The zero-order chi connectivity index (χ0) is 18.4. The Hall–Kier alpha value is -1.83. The number of thiazole rings is 1. The lowest BCUT2D eigenvalue weighted by molar-refractivity contribution is -0.0232. The minimum absolute atomic E-state index is 0.173. The van der Waals surface area contributed by atoms with Crippen molar-refractivity contribution in [2.75, 3.05) is 19.9 Å². The summed E-state index contributed by atoms with van der Waals surface area (Å²) in [7, 11) is 0. The second-order valence-electron chi connectivity index (χ2n) is 7.78. The SMILES string of the molecule is Cc1nc(CN2C[C@H]3C[C@@H](Oc4ccc5c(c4)OCO5)[C@H](O)C[C@H]3C2)cs1. The lowest BCUT2D eigenvalue weighted by Crippen LogP contribution is -2.42.